The molecule has 31 heavy (non-hydrogen) atoms. The van der Waals surface area contributed by atoms with Crippen molar-refractivity contribution in [3.05, 3.63) is 35.4 Å². The molecule has 1 amide bonds. The zero-order chi connectivity index (χ0) is 22.6. The van der Waals surface area contributed by atoms with E-state index in [1.807, 2.05) is 6.92 Å². The summed E-state index contributed by atoms with van der Waals surface area (Å²) in [4.78, 5) is 18.2. The van der Waals surface area contributed by atoms with Gasteiger partial charge in [0.05, 0.1) is 12.0 Å². The molecule has 7 nitrogen and oxygen atoms in total. The third-order valence-corrected chi connectivity index (χ3v) is 5.83. The Hall–Kier alpha value is -2.12. The van der Waals surface area contributed by atoms with Crippen molar-refractivity contribution >= 4 is 11.9 Å². The largest absolute Gasteiger partial charge is 0.378 e. The molecule has 1 fully saturated rings. The summed E-state index contributed by atoms with van der Waals surface area (Å²) in [5.41, 5.74) is 7.97. The molecule has 1 aromatic carbocycles. The van der Waals surface area contributed by atoms with Crippen LogP contribution in [0.2, 0.25) is 0 Å². The number of benzene rings is 1. The SMILES string of the molecule is CCOC(CCNC(=NC)NCc1cccc(CN2CCCC(C(N)=O)C2)c1)C(C)C. The Morgan fingerprint density at radius 2 is 2.10 bits per heavy atom. The molecule has 2 unspecified atom stereocenters. The standard InChI is InChI=1S/C24H41N5O2/c1-5-31-22(18(2)3)11-12-27-24(26-4)28-15-19-8-6-9-20(14-19)16-29-13-7-10-21(17-29)23(25)30/h6,8-9,14,18,21-22H,5,7,10-13,15-17H2,1-4H3,(H2,25,30)(H2,26,27,28). The Morgan fingerprint density at radius 1 is 1.32 bits per heavy atom. The van der Waals surface area contributed by atoms with Gasteiger partial charge < -0.3 is 21.1 Å². The van der Waals surface area contributed by atoms with Crippen molar-refractivity contribution in [2.45, 2.75) is 59.2 Å². The molecule has 2 atom stereocenters. The van der Waals surface area contributed by atoms with Crippen LogP contribution >= 0.6 is 0 Å². The number of nitrogens with zero attached hydrogens (tertiary/aromatic N) is 2. The first-order valence-electron chi connectivity index (χ1n) is 11.6. The number of nitrogens with one attached hydrogen (secondary N) is 2. The third-order valence-electron chi connectivity index (χ3n) is 5.83. The third kappa shape index (κ3) is 8.87. The lowest BCUT2D eigenvalue weighted by molar-refractivity contribution is -0.123. The smallest absolute Gasteiger partial charge is 0.221 e. The van der Waals surface area contributed by atoms with Gasteiger partial charge in [-0.2, -0.15) is 0 Å². The van der Waals surface area contributed by atoms with Crippen LogP contribution in [0.25, 0.3) is 0 Å². The molecule has 174 valence electrons. The summed E-state index contributed by atoms with van der Waals surface area (Å²) in [7, 11) is 1.79. The molecule has 1 saturated heterocycles. The Kier molecular flexibility index (Phi) is 10.8. The molecule has 0 spiro atoms. The van der Waals surface area contributed by atoms with Crippen molar-refractivity contribution < 1.29 is 9.53 Å². The van der Waals surface area contributed by atoms with Gasteiger partial charge in [-0.25, -0.2) is 0 Å². The number of carbonyl (C=O) groups excluding carboxylic acids is 1. The predicted molar refractivity (Wildman–Crippen MR) is 127 cm³/mol. The van der Waals surface area contributed by atoms with Crippen LogP contribution in [0.3, 0.4) is 0 Å². The second-order valence-electron chi connectivity index (χ2n) is 8.68. The summed E-state index contributed by atoms with van der Waals surface area (Å²) in [6, 6.07) is 8.58. The van der Waals surface area contributed by atoms with Crippen LogP contribution in [0.4, 0.5) is 0 Å². The number of primary amides is 1. The second kappa shape index (κ2) is 13.3. The van der Waals surface area contributed by atoms with Crippen molar-refractivity contribution in [2.24, 2.45) is 22.6 Å². The van der Waals surface area contributed by atoms with E-state index in [1.165, 1.54) is 11.1 Å². The van der Waals surface area contributed by atoms with Gasteiger partial charge in [0.1, 0.15) is 0 Å². The summed E-state index contributed by atoms with van der Waals surface area (Å²) in [6.45, 7) is 11.3. The highest BCUT2D eigenvalue weighted by atomic mass is 16.5. The van der Waals surface area contributed by atoms with Crippen LogP contribution in [-0.2, 0) is 22.6 Å². The highest BCUT2D eigenvalue weighted by molar-refractivity contribution is 5.79. The van der Waals surface area contributed by atoms with Crippen molar-refractivity contribution in [3.63, 3.8) is 0 Å². The predicted octanol–water partition coefficient (Wildman–Crippen LogP) is 2.50. The van der Waals surface area contributed by atoms with E-state index in [4.69, 9.17) is 10.5 Å². The lowest BCUT2D eigenvalue weighted by atomic mass is 9.97. The number of piperidine rings is 1. The molecule has 0 saturated carbocycles. The number of ether oxygens (including phenoxy) is 1. The molecule has 0 radical (unpaired) electrons. The van der Waals surface area contributed by atoms with E-state index in [0.717, 1.165) is 58.0 Å². The zero-order valence-electron chi connectivity index (χ0n) is 19.7. The Bertz CT molecular complexity index is 707. The quantitative estimate of drug-likeness (QED) is 0.370. The van der Waals surface area contributed by atoms with Gasteiger partial charge in [-0.05, 0) is 49.8 Å². The minimum atomic E-state index is -0.178. The van der Waals surface area contributed by atoms with Gasteiger partial charge in [0.25, 0.3) is 0 Å². The molecule has 2 rings (SSSR count). The zero-order valence-corrected chi connectivity index (χ0v) is 19.7. The number of hydrogen-bond acceptors (Lipinski definition) is 4. The normalized spacial score (nSPS) is 18.7. The maximum Gasteiger partial charge on any atom is 0.221 e. The maximum absolute atomic E-state index is 11.5. The number of nitrogens with two attached hydrogens (primary N) is 1. The van der Waals surface area contributed by atoms with Crippen molar-refractivity contribution in [1.82, 2.24) is 15.5 Å². The van der Waals surface area contributed by atoms with Crippen LogP contribution < -0.4 is 16.4 Å². The molecule has 4 N–H and O–H groups in total. The van der Waals surface area contributed by atoms with E-state index in [-0.39, 0.29) is 17.9 Å². The highest BCUT2D eigenvalue weighted by Gasteiger charge is 2.23. The molecule has 1 aliphatic rings. The summed E-state index contributed by atoms with van der Waals surface area (Å²) in [6.07, 6.45) is 3.14. The topological polar surface area (TPSA) is 92.0 Å². The molecule has 1 heterocycles. The Labute approximate surface area is 187 Å². The van der Waals surface area contributed by atoms with Crippen LogP contribution in [0.5, 0.6) is 0 Å². The van der Waals surface area contributed by atoms with E-state index in [1.54, 1.807) is 7.05 Å². The lowest BCUT2D eigenvalue weighted by Crippen LogP contribution is -2.40. The fourth-order valence-corrected chi connectivity index (χ4v) is 4.09. The summed E-state index contributed by atoms with van der Waals surface area (Å²) in [5.74, 6) is 1.09. The van der Waals surface area contributed by atoms with Gasteiger partial charge in [0.15, 0.2) is 5.96 Å². The fraction of sp³-hybridized carbons (Fsp3) is 0.667. The molecule has 1 aromatic rings. The van der Waals surface area contributed by atoms with Gasteiger partial charge in [-0.3, -0.25) is 14.7 Å². The van der Waals surface area contributed by atoms with E-state index >= 15 is 0 Å². The number of guanidine groups is 1. The van der Waals surface area contributed by atoms with Crippen molar-refractivity contribution in [3.8, 4) is 0 Å². The van der Waals surface area contributed by atoms with E-state index in [9.17, 15) is 4.79 Å². The van der Waals surface area contributed by atoms with Crippen LogP contribution in [0, 0.1) is 11.8 Å². The first-order chi connectivity index (χ1) is 14.9. The summed E-state index contributed by atoms with van der Waals surface area (Å²) >= 11 is 0. The number of hydrogen-bond donors (Lipinski definition) is 3. The monoisotopic (exact) mass is 431 g/mol. The van der Waals surface area contributed by atoms with Gasteiger partial charge in [-0.1, -0.05) is 38.1 Å². The molecule has 0 aliphatic carbocycles. The van der Waals surface area contributed by atoms with Crippen molar-refractivity contribution in [2.75, 3.05) is 33.3 Å². The Balaban J connectivity index is 1.81. The first kappa shape index (κ1) is 25.1. The molecule has 0 bridgehead atoms. The number of carbonyl (C=O) groups is 1. The van der Waals surface area contributed by atoms with E-state index in [0.29, 0.717) is 12.5 Å². The fourth-order valence-electron chi connectivity index (χ4n) is 4.09. The van der Waals surface area contributed by atoms with Gasteiger partial charge in [-0.15, -0.1) is 0 Å². The van der Waals surface area contributed by atoms with E-state index < -0.39 is 0 Å². The second-order valence-corrected chi connectivity index (χ2v) is 8.68. The first-order valence-corrected chi connectivity index (χ1v) is 11.6. The molecular formula is C24H41N5O2. The number of likely N-dealkylation sites (tertiary alicyclic amines) is 1. The van der Waals surface area contributed by atoms with Crippen LogP contribution in [-0.4, -0.2) is 56.2 Å². The number of amides is 1. The van der Waals surface area contributed by atoms with Crippen LogP contribution in [0.15, 0.2) is 29.3 Å². The number of rotatable bonds is 11. The molecular weight excluding hydrogens is 390 g/mol. The molecule has 0 aromatic heterocycles. The average Bonchev–Trinajstić information content (AvgIpc) is 2.75. The summed E-state index contributed by atoms with van der Waals surface area (Å²) < 4.78 is 5.81. The molecule has 7 heteroatoms. The summed E-state index contributed by atoms with van der Waals surface area (Å²) in [5, 5.41) is 6.78. The number of aliphatic imine (C=N–C) groups is 1. The maximum atomic E-state index is 11.5. The van der Waals surface area contributed by atoms with Gasteiger partial charge in [0, 0.05) is 39.8 Å². The molecule has 1 aliphatic heterocycles. The minimum Gasteiger partial charge on any atom is -0.378 e. The van der Waals surface area contributed by atoms with Crippen LogP contribution in [0.1, 0.15) is 51.2 Å². The van der Waals surface area contributed by atoms with Gasteiger partial charge >= 0.3 is 0 Å². The lowest BCUT2D eigenvalue weighted by Gasteiger charge is -2.31. The average molecular weight is 432 g/mol. The van der Waals surface area contributed by atoms with Crippen molar-refractivity contribution in [1.29, 1.82) is 0 Å². The van der Waals surface area contributed by atoms with E-state index in [2.05, 4.69) is 58.6 Å². The Morgan fingerprint density at radius 3 is 2.77 bits per heavy atom. The highest BCUT2D eigenvalue weighted by Crippen LogP contribution is 2.18. The minimum absolute atomic E-state index is 0.0222. The van der Waals surface area contributed by atoms with Gasteiger partial charge in [0.2, 0.25) is 5.91 Å².